The zero-order chi connectivity index (χ0) is 6.91. The minimum Gasteiger partial charge on any atom is -0.303 e. The van der Waals surface area contributed by atoms with E-state index in [9.17, 15) is 0 Å². The molecule has 1 unspecified atom stereocenters. The van der Waals surface area contributed by atoms with Crippen molar-refractivity contribution in [2.24, 2.45) is 15.8 Å². The quantitative estimate of drug-likeness (QED) is 0.481. The van der Waals surface area contributed by atoms with Crippen molar-refractivity contribution in [2.75, 3.05) is 7.05 Å². The van der Waals surface area contributed by atoms with Crippen molar-refractivity contribution >= 4 is 12.6 Å². The van der Waals surface area contributed by atoms with Crippen molar-refractivity contribution in [3.05, 3.63) is 0 Å². The SMILES string of the molecule is CN1C=NC(C)(N)C=N1. The monoisotopic (exact) mass is 126 g/mol. The van der Waals surface area contributed by atoms with Gasteiger partial charge in [0, 0.05) is 7.05 Å². The van der Waals surface area contributed by atoms with Gasteiger partial charge in [0.2, 0.25) is 0 Å². The van der Waals surface area contributed by atoms with Gasteiger partial charge in [0.25, 0.3) is 0 Å². The van der Waals surface area contributed by atoms with Gasteiger partial charge in [-0.25, -0.2) is 4.99 Å². The average molecular weight is 126 g/mol. The summed E-state index contributed by atoms with van der Waals surface area (Å²) in [5.41, 5.74) is 4.96. The van der Waals surface area contributed by atoms with Crippen LogP contribution in [0.5, 0.6) is 0 Å². The van der Waals surface area contributed by atoms with Gasteiger partial charge in [-0.3, -0.25) is 5.01 Å². The molecule has 0 aromatic carbocycles. The van der Waals surface area contributed by atoms with E-state index < -0.39 is 5.66 Å². The minimum absolute atomic E-state index is 0.605. The van der Waals surface area contributed by atoms with Crippen LogP contribution < -0.4 is 5.73 Å². The van der Waals surface area contributed by atoms with Crippen molar-refractivity contribution in [1.82, 2.24) is 5.01 Å². The standard InChI is InChI=1S/C5H10N4/c1-5(6)3-8-9(2)4-7-5/h3-4H,6H2,1-2H3. The van der Waals surface area contributed by atoms with Gasteiger partial charge in [-0.2, -0.15) is 5.10 Å². The molecule has 1 aliphatic heterocycles. The first kappa shape index (κ1) is 6.22. The Labute approximate surface area is 54.1 Å². The molecule has 0 aromatic rings. The lowest BCUT2D eigenvalue weighted by molar-refractivity contribution is 0.515. The predicted molar refractivity (Wildman–Crippen MR) is 37.3 cm³/mol. The highest BCUT2D eigenvalue weighted by Gasteiger charge is 2.14. The molecule has 0 bridgehead atoms. The Morgan fingerprint density at radius 2 is 2.33 bits per heavy atom. The maximum absolute atomic E-state index is 5.57. The first-order chi connectivity index (χ1) is 4.10. The molecule has 0 fully saturated rings. The second-order valence-corrected chi connectivity index (χ2v) is 2.29. The normalized spacial score (nSPS) is 33.4. The summed E-state index contributed by atoms with van der Waals surface area (Å²) < 4.78 is 0. The van der Waals surface area contributed by atoms with Crippen LogP contribution in [0.4, 0.5) is 0 Å². The van der Waals surface area contributed by atoms with Gasteiger partial charge >= 0.3 is 0 Å². The van der Waals surface area contributed by atoms with Crippen molar-refractivity contribution in [3.8, 4) is 0 Å². The Kier molecular flexibility index (Phi) is 1.25. The molecular weight excluding hydrogens is 116 g/mol. The molecule has 0 amide bonds. The second-order valence-electron chi connectivity index (χ2n) is 2.29. The molecule has 1 heterocycles. The number of aliphatic imine (C=N–C) groups is 1. The Morgan fingerprint density at radius 1 is 1.67 bits per heavy atom. The summed E-state index contributed by atoms with van der Waals surface area (Å²) in [5.74, 6) is 0. The third kappa shape index (κ3) is 1.50. The van der Waals surface area contributed by atoms with Crippen molar-refractivity contribution < 1.29 is 0 Å². The Bertz CT molecular complexity index is 142. The molecule has 0 saturated heterocycles. The summed E-state index contributed by atoms with van der Waals surface area (Å²) in [6.07, 6.45) is 3.20. The Balaban J connectivity index is 2.70. The molecule has 0 aromatic heterocycles. The van der Waals surface area contributed by atoms with Crippen molar-refractivity contribution in [1.29, 1.82) is 0 Å². The largest absolute Gasteiger partial charge is 0.303 e. The topological polar surface area (TPSA) is 54.0 Å². The highest BCUT2D eigenvalue weighted by Crippen LogP contribution is 2.00. The van der Waals surface area contributed by atoms with Gasteiger partial charge in [0.1, 0.15) is 12.0 Å². The number of hydrogen-bond donors (Lipinski definition) is 1. The molecule has 1 aliphatic rings. The van der Waals surface area contributed by atoms with Crippen LogP contribution in [0, 0.1) is 0 Å². The van der Waals surface area contributed by atoms with Crippen LogP contribution in [-0.2, 0) is 0 Å². The van der Waals surface area contributed by atoms with E-state index in [0.29, 0.717) is 0 Å². The molecule has 0 saturated carbocycles. The number of nitrogens with two attached hydrogens (primary N) is 1. The van der Waals surface area contributed by atoms with Crippen LogP contribution in [0.3, 0.4) is 0 Å². The van der Waals surface area contributed by atoms with E-state index >= 15 is 0 Å². The van der Waals surface area contributed by atoms with Crippen molar-refractivity contribution in [2.45, 2.75) is 12.6 Å². The molecule has 50 valence electrons. The van der Waals surface area contributed by atoms with Crippen molar-refractivity contribution in [3.63, 3.8) is 0 Å². The number of hydrogen-bond acceptors (Lipinski definition) is 4. The van der Waals surface area contributed by atoms with Gasteiger partial charge in [-0.05, 0) is 6.92 Å². The lowest BCUT2D eigenvalue weighted by Crippen LogP contribution is -2.39. The van der Waals surface area contributed by atoms with Gasteiger partial charge < -0.3 is 5.73 Å². The first-order valence-corrected chi connectivity index (χ1v) is 2.72. The van der Waals surface area contributed by atoms with Gasteiger partial charge in [-0.15, -0.1) is 0 Å². The van der Waals surface area contributed by atoms with Crippen LogP contribution in [0.25, 0.3) is 0 Å². The lowest BCUT2D eigenvalue weighted by atomic mass is 10.3. The van der Waals surface area contributed by atoms with Crippen LogP contribution >= 0.6 is 0 Å². The van der Waals surface area contributed by atoms with Crippen LogP contribution in [-0.4, -0.2) is 30.3 Å². The fourth-order valence-electron chi connectivity index (χ4n) is 0.479. The number of hydrazone groups is 1. The van der Waals surface area contributed by atoms with E-state index in [1.54, 1.807) is 31.5 Å². The molecule has 0 radical (unpaired) electrons. The highest BCUT2D eigenvalue weighted by molar-refractivity contribution is 5.75. The van der Waals surface area contributed by atoms with Gasteiger partial charge in [-0.1, -0.05) is 0 Å². The Hall–Kier alpha value is -0.900. The van der Waals surface area contributed by atoms with E-state index in [4.69, 9.17) is 5.73 Å². The zero-order valence-electron chi connectivity index (χ0n) is 5.57. The summed E-state index contributed by atoms with van der Waals surface area (Å²) in [6, 6.07) is 0. The highest BCUT2D eigenvalue weighted by atomic mass is 15.5. The summed E-state index contributed by atoms with van der Waals surface area (Å²) in [7, 11) is 1.80. The molecule has 0 aliphatic carbocycles. The smallest absolute Gasteiger partial charge is 0.144 e. The van der Waals surface area contributed by atoms with Crippen LogP contribution in [0.1, 0.15) is 6.92 Å². The van der Waals surface area contributed by atoms with E-state index in [0.717, 1.165) is 0 Å². The fourth-order valence-corrected chi connectivity index (χ4v) is 0.479. The molecule has 4 nitrogen and oxygen atoms in total. The van der Waals surface area contributed by atoms with E-state index in [1.807, 2.05) is 0 Å². The summed E-state index contributed by atoms with van der Waals surface area (Å²) in [6.45, 7) is 1.79. The molecule has 4 heteroatoms. The van der Waals surface area contributed by atoms with E-state index in [2.05, 4.69) is 10.1 Å². The number of nitrogens with zero attached hydrogens (tertiary/aromatic N) is 3. The first-order valence-electron chi connectivity index (χ1n) is 2.72. The molecule has 2 N–H and O–H groups in total. The Morgan fingerprint density at radius 3 is 2.67 bits per heavy atom. The van der Waals surface area contributed by atoms with Gasteiger partial charge in [0.05, 0.1) is 6.21 Å². The van der Waals surface area contributed by atoms with Crippen LogP contribution in [0.2, 0.25) is 0 Å². The fraction of sp³-hybridized carbons (Fsp3) is 0.600. The maximum Gasteiger partial charge on any atom is 0.144 e. The third-order valence-electron chi connectivity index (χ3n) is 1.00. The van der Waals surface area contributed by atoms with E-state index in [1.165, 1.54) is 0 Å². The molecule has 9 heavy (non-hydrogen) atoms. The molecule has 1 rings (SSSR count). The summed E-state index contributed by atoms with van der Waals surface area (Å²) in [4.78, 5) is 3.97. The zero-order valence-corrected chi connectivity index (χ0v) is 5.57. The molecule has 0 spiro atoms. The number of rotatable bonds is 0. The van der Waals surface area contributed by atoms with Gasteiger partial charge in [0.15, 0.2) is 0 Å². The molecular formula is C5H10N4. The third-order valence-corrected chi connectivity index (χ3v) is 1.00. The van der Waals surface area contributed by atoms with Crippen LogP contribution in [0.15, 0.2) is 10.1 Å². The second kappa shape index (κ2) is 1.80. The summed E-state index contributed by atoms with van der Waals surface area (Å²) in [5, 5.41) is 5.52. The minimum atomic E-state index is -0.605. The predicted octanol–water partition coefficient (Wildman–Crippen LogP) is -0.379. The average Bonchev–Trinajstić information content (AvgIpc) is 1.78. The maximum atomic E-state index is 5.57. The lowest BCUT2D eigenvalue weighted by Gasteiger charge is -2.19. The molecule has 1 atom stereocenters. The summed E-state index contributed by atoms with van der Waals surface area (Å²) >= 11 is 0. The van der Waals surface area contributed by atoms with E-state index in [-0.39, 0.29) is 0 Å².